The number of esters is 2. The number of amides is 1. The third-order valence-corrected chi connectivity index (χ3v) is 20.7. The molecule has 6 saturated carbocycles. The summed E-state index contributed by atoms with van der Waals surface area (Å²) in [5.74, 6) is 2.54. The molecule has 9 nitrogen and oxygen atoms in total. The maximum Gasteiger partial charge on any atom is 0.303 e. The van der Waals surface area contributed by atoms with Gasteiger partial charge in [0.05, 0.1) is 24.2 Å². The van der Waals surface area contributed by atoms with Crippen molar-refractivity contribution in [1.29, 1.82) is 0 Å². The van der Waals surface area contributed by atoms with Crippen LogP contribution >= 0.6 is 0 Å². The van der Waals surface area contributed by atoms with E-state index < -0.39 is 30.6 Å². The normalized spacial score (nSPS) is 49.9. The van der Waals surface area contributed by atoms with E-state index in [4.69, 9.17) is 23.7 Å². The van der Waals surface area contributed by atoms with Crippen LogP contribution in [-0.2, 0) is 38.1 Å². The summed E-state index contributed by atoms with van der Waals surface area (Å²) >= 11 is 0. The van der Waals surface area contributed by atoms with Crippen molar-refractivity contribution in [3.8, 4) is 0 Å². The van der Waals surface area contributed by atoms with Crippen molar-refractivity contribution in [2.75, 3.05) is 13.2 Å². The number of carbonyl (C=O) groups is 3. The van der Waals surface area contributed by atoms with Gasteiger partial charge in [-0.25, -0.2) is 0 Å². The Morgan fingerprint density at radius 1 is 0.726 bits per heavy atom. The highest BCUT2D eigenvalue weighted by atomic mass is 16.7. The standard InChI is InChI=1S/C53H87NO8/c1-15-27-54-48(57)53-24-19-37(30(3)4)43(53)38-17-18-41-50(12)22-21-42(49(11,16-2)40(50)20-23-52(41,14)51(38,13)25-26-53)62-47-45(34(8)32(6)29-58-47)61-39-28-31(5)33(7)44(59-35(9)55)46(39)60-36(10)56/h31-34,37-47H,3,15-29H2,1-2,4-14H3,(H,54,57)/t31-,32+,33+,34+,37+,38?,39?,40+,41?,42+,43?,44-,45-,46+,47+,49+,50+,51-,52-,53+/m1/s1. The van der Waals surface area contributed by atoms with E-state index in [9.17, 15) is 14.4 Å². The molecule has 4 unspecified atom stereocenters. The van der Waals surface area contributed by atoms with Gasteiger partial charge in [0.15, 0.2) is 12.4 Å². The largest absolute Gasteiger partial charge is 0.458 e. The predicted molar refractivity (Wildman–Crippen MR) is 243 cm³/mol. The molecule has 9 heteroatoms. The van der Waals surface area contributed by atoms with E-state index in [1.807, 2.05) is 0 Å². The minimum atomic E-state index is -0.711. The lowest BCUT2D eigenvalue weighted by molar-refractivity contribution is -0.319. The molecule has 0 radical (unpaired) electrons. The number of allylic oxidation sites excluding steroid dienone is 1. The minimum absolute atomic E-state index is 0.00517. The van der Waals surface area contributed by atoms with Crippen LogP contribution in [-0.4, -0.2) is 67.8 Å². The molecular formula is C53H87NO8. The van der Waals surface area contributed by atoms with Crippen LogP contribution in [0.4, 0.5) is 0 Å². The van der Waals surface area contributed by atoms with Gasteiger partial charge in [-0.1, -0.05) is 81.4 Å². The molecule has 1 amide bonds. The number of hydrogen-bond acceptors (Lipinski definition) is 8. The lowest BCUT2D eigenvalue weighted by atomic mass is 9.32. The smallest absolute Gasteiger partial charge is 0.303 e. The van der Waals surface area contributed by atoms with Crippen LogP contribution in [0.25, 0.3) is 0 Å². The highest BCUT2D eigenvalue weighted by Crippen LogP contribution is 2.78. The van der Waals surface area contributed by atoms with Gasteiger partial charge in [0.2, 0.25) is 5.91 Å². The van der Waals surface area contributed by atoms with E-state index in [0.29, 0.717) is 48.5 Å². The lowest BCUT2D eigenvalue weighted by Crippen LogP contribution is -2.68. The Morgan fingerprint density at radius 2 is 1.40 bits per heavy atom. The number of rotatable bonds is 11. The molecule has 0 aromatic carbocycles. The van der Waals surface area contributed by atoms with Gasteiger partial charge in [-0.2, -0.15) is 0 Å². The summed E-state index contributed by atoms with van der Waals surface area (Å²) < 4.78 is 33.0. The molecule has 0 aromatic heterocycles. The highest BCUT2D eigenvalue weighted by molar-refractivity contribution is 5.84. The summed E-state index contributed by atoms with van der Waals surface area (Å²) in [6.07, 6.45) is 11.1. The first-order valence-electron chi connectivity index (χ1n) is 25.3. The lowest BCUT2D eigenvalue weighted by Gasteiger charge is -2.73. The number of fused-ring (bicyclic) bond motifs is 7. The summed E-state index contributed by atoms with van der Waals surface area (Å²) in [6.45, 7) is 34.7. The fourth-order valence-electron chi connectivity index (χ4n) is 16.6. The molecule has 7 rings (SSSR count). The van der Waals surface area contributed by atoms with Gasteiger partial charge in [-0.3, -0.25) is 14.4 Å². The molecule has 20 atom stereocenters. The zero-order valence-corrected chi connectivity index (χ0v) is 41.2. The van der Waals surface area contributed by atoms with E-state index >= 15 is 0 Å². The molecule has 1 N–H and O–H groups in total. The van der Waals surface area contributed by atoms with Crippen molar-refractivity contribution in [1.82, 2.24) is 5.32 Å². The molecule has 1 aliphatic heterocycles. The van der Waals surface area contributed by atoms with Gasteiger partial charge in [0.25, 0.3) is 0 Å². The maximum atomic E-state index is 14.3. The summed E-state index contributed by atoms with van der Waals surface area (Å²) in [7, 11) is 0. The Balaban J connectivity index is 1.14. The van der Waals surface area contributed by atoms with Crippen LogP contribution in [0.2, 0.25) is 0 Å². The van der Waals surface area contributed by atoms with Crippen LogP contribution in [0, 0.1) is 80.3 Å². The van der Waals surface area contributed by atoms with Crippen LogP contribution in [0.3, 0.4) is 0 Å². The molecule has 7 aliphatic rings. The predicted octanol–water partition coefficient (Wildman–Crippen LogP) is 10.9. The molecular weight excluding hydrogens is 779 g/mol. The topological polar surface area (TPSA) is 109 Å². The van der Waals surface area contributed by atoms with Crippen molar-refractivity contribution in [3.63, 3.8) is 0 Å². The summed E-state index contributed by atoms with van der Waals surface area (Å²) in [6, 6.07) is 0. The van der Waals surface area contributed by atoms with E-state index in [1.54, 1.807) is 0 Å². The maximum absolute atomic E-state index is 14.3. The van der Waals surface area contributed by atoms with Crippen LogP contribution < -0.4 is 5.32 Å². The molecule has 352 valence electrons. The van der Waals surface area contributed by atoms with E-state index in [1.165, 1.54) is 45.1 Å². The summed E-state index contributed by atoms with van der Waals surface area (Å²) in [5.41, 5.74) is 1.48. The van der Waals surface area contributed by atoms with Gasteiger partial charge >= 0.3 is 11.9 Å². The highest BCUT2D eigenvalue weighted by Gasteiger charge is 2.72. The summed E-state index contributed by atoms with van der Waals surface area (Å²) in [5, 5.41) is 3.41. The average Bonchev–Trinajstić information content (AvgIpc) is 3.62. The molecule has 0 aromatic rings. The Bertz CT molecular complexity index is 1680. The van der Waals surface area contributed by atoms with Crippen molar-refractivity contribution in [3.05, 3.63) is 12.2 Å². The zero-order valence-electron chi connectivity index (χ0n) is 41.2. The van der Waals surface area contributed by atoms with Crippen molar-refractivity contribution in [2.24, 2.45) is 80.3 Å². The minimum Gasteiger partial charge on any atom is -0.458 e. The van der Waals surface area contributed by atoms with E-state index in [2.05, 4.69) is 88.1 Å². The quantitative estimate of drug-likeness (QED) is 0.124. The molecule has 0 bridgehead atoms. The van der Waals surface area contributed by atoms with Gasteiger partial charge < -0.3 is 29.0 Å². The molecule has 7 fully saturated rings. The van der Waals surface area contributed by atoms with Crippen molar-refractivity contribution in [2.45, 2.75) is 210 Å². The van der Waals surface area contributed by atoms with Crippen molar-refractivity contribution >= 4 is 17.8 Å². The molecule has 1 heterocycles. The molecule has 6 aliphatic carbocycles. The monoisotopic (exact) mass is 866 g/mol. The Morgan fingerprint density at radius 3 is 2.05 bits per heavy atom. The van der Waals surface area contributed by atoms with Crippen LogP contribution in [0.5, 0.6) is 0 Å². The first-order valence-corrected chi connectivity index (χ1v) is 25.3. The fourth-order valence-corrected chi connectivity index (χ4v) is 16.6. The summed E-state index contributed by atoms with van der Waals surface area (Å²) in [4.78, 5) is 39.1. The van der Waals surface area contributed by atoms with Crippen LogP contribution in [0.15, 0.2) is 12.2 Å². The third kappa shape index (κ3) is 7.65. The first-order chi connectivity index (χ1) is 29.1. The number of nitrogens with one attached hydrogen (secondary N) is 1. The van der Waals surface area contributed by atoms with Gasteiger partial charge in [0, 0.05) is 20.4 Å². The second-order valence-electron chi connectivity index (χ2n) is 23.5. The first kappa shape index (κ1) is 48.0. The number of carbonyl (C=O) groups excluding carboxylic acids is 3. The fraction of sp³-hybridized carbons (Fsp3) is 0.906. The van der Waals surface area contributed by atoms with Crippen molar-refractivity contribution < 1.29 is 38.1 Å². The Labute approximate surface area is 376 Å². The number of hydrogen-bond donors (Lipinski definition) is 1. The Kier molecular flexibility index (Phi) is 13.7. The molecule has 62 heavy (non-hydrogen) atoms. The van der Waals surface area contributed by atoms with E-state index in [-0.39, 0.29) is 68.9 Å². The van der Waals surface area contributed by atoms with E-state index in [0.717, 1.165) is 57.9 Å². The number of ether oxygens (including phenoxy) is 5. The molecule has 0 spiro atoms. The van der Waals surface area contributed by atoms with Gasteiger partial charge in [-0.15, -0.1) is 0 Å². The average molecular weight is 866 g/mol. The zero-order chi connectivity index (χ0) is 45.3. The van der Waals surface area contributed by atoms with Gasteiger partial charge in [0.1, 0.15) is 12.2 Å². The second-order valence-corrected chi connectivity index (χ2v) is 23.5. The Hall–Kier alpha value is -1.97. The van der Waals surface area contributed by atoms with Crippen LogP contribution in [0.1, 0.15) is 173 Å². The SMILES string of the molecule is C=C(C)[C@@H]1CC[C@]2(C(=O)NCCC)CC[C@]3(C)C(CCC4[C@@]5(C)CC[C@H](O[C@@H]6OC[C@H](C)[C@H](C)[C@H]6OC6C[C@@H](C)[C@H](C)[C@@H](OC(C)=O)[C@H]6OC(C)=O)[C@@](C)(CC)[C@@H]5CC[C@]43C)C12. The third-order valence-electron chi connectivity index (χ3n) is 20.7. The second kappa shape index (κ2) is 17.7. The van der Waals surface area contributed by atoms with Gasteiger partial charge in [-0.05, 0) is 165 Å². The molecule has 1 saturated heterocycles.